The minimum absolute atomic E-state index is 0.332. The Balaban J connectivity index is 1.90. The van der Waals surface area contributed by atoms with Gasteiger partial charge in [0.2, 0.25) is 5.88 Å². The molecular formula is C11H14N2O2. The van der Waals surface area contributed by atoms with Gasteiger partial charge in [0, 0.05) is 30.5 Å². The van der Waals surface area contributed by atoms with Gasteiger partial charge in [-0.2, -0.15) is 4.98 Å². The molecule has 1 aliphatic carbocycles. The van der Waals surface area contributed by atoms with E-state index >= 15 is 0 Å². The van der Waals surface area contributed by atoms with Crippen LogP contribution in [0.1, 0.15) is 24.4 Å². The van der Waals surface area contributed by atoms with Crippen LogP contribution in [-0.4, -0.2) is 22.4 Å². The highest BCUT2D eigenvalue weighted by atomic mass is 16.5. The summed E-state index contributed by atoms with van der Waals surface area (Å²) in [4.78, 5) is 19.1. The van der Waals surface area contributed by atoms with E-state index in [2.05, 4.69) is 9.97 Å². The fourth-order valence-electron chi connectivity index (χ4n) is 1.66. The minimum Gasteiger partial charge on any atom is -0.477 e. The highest BCUT2D eigenvalue weighted by Crippen LogP contribution is 2.23. The lowest BCUT2D eigenvalue weighted by molar-refractivity contribution is -0.127. The third kappa shape index (κ3) is 2.52. The summed E-state index contributed by atoms with van der Waals surface area (Å²) in [5.74, 6) is 2.04. The van der Waals surface area contributed by atoms with Crippen molar-refractivity contribution in [3.05, 3.63) is 17.6 Å². The molecule has 4 nitrogen and oxygen atoms in total. The largest absolute Gasteiger partial charge is 0.477 e. The Hall–Kier alpha value is -1.45. The van der Waals surface area contributed by atoms with Crippen molar-refractivity contribution in [2.75, 3.05) is 6.61 Å². The molecule has 0 radical (unpaired) electrons. The van der Waals surface area contributed by atoms with Crippen LogP contribution in [-0.2, 0) is 4.79 Å². The van der Waals surface area contributed by atoms with Crippen LogP contribution < -0.4 is 4.74 Å². The Morgan fingerprint density at radius 1 is 1.40 bits per heavy atom. The van der Waals surface area contributed by atoms with Gasteiger partial charge in [0.1, 0.15) is 11.6 Å². The number of rotatable bonds is 3. The summed E-state index contributed by atoms with van der Waals surface area (Å²) in [6.07, 6.45) is 1.31. The predicted molar refractivity (Wildman–Crippen MR) is 54.7 cm³/mol. The van der Waals surface area contributed by atoms with E-state index in [0.717, 1.165) is 11.5 Å². The molecule has 1 aromatic heterocycles. The van der Waals surface area contributed by atoms with Crippen molar-refractivity contribution in [3.8, 4) is 5.88 Å². The quantitative estimate of drug-likeness (QED) is 0.751. The molecule has 0 aromatic carbocycles. The number of ketones is 1. The van der Waals surface area contributed by atoms with E-state index in [1.54, 1.807) is 0 Å². The van der Waals surface area contributed by atoms with Gasteiger partial charge in [-0.1, -0.05) is 0 Å². The van der Waals surface area contributed by atoms with Gasteiger partial charge in [0.15, 0.2) is 0 Å². The Kier molecular flexibility index (Phi) is 2.66. The maximum atomic E-state index is 10.7. The SMILES string of the molecule is Cc1cc(OCC2CC(=O)C2)nc(C)n1. The summed E-state index contributed by atoms with van der Waals surface area (Å²) < 4.78 is 5.52. The van der Waals surface area contributed by atoms with Gasteiger partial charge in [-0.25, -0.2) is 4.98 Å². The number of carbonyl (C=O) groups excluding carboxylic acids is 1. The van der Waals surface area contributed by atoms with E-state index in [4.69, 9.17) is 4.74 Å². The molecule has 1 heterocycles. The highest BCUT2D eigenvalue weighted by Gasteiger charge is 2.26. The lowest BCUT2D eigenvalue weighted by Crippen LogP contribution is -2.28. The van der Waals surface area contributed by atoms with E-state index in [1.165, 1.54) is 0 Å². The number of nitrogens with zero attached hydrogens (tertiary/aromatic N) is 2. The molecule has 0 atom stereocenters. The molecule has 0 N–H and O–H groups in total. The number of hydrogen-bond acceptors (Lipinski definition) is 4. The lowest BCUT2D eigenvalue weighted by atomic mass is 9.85. The van der Waals surface area contributed by atoms with Crippen molar-refractivity contribution in [1.29, 1.82) is 0 Å². The first-order valence-corrected chi connectivity index (χ1v) is 5.10. The molecule has 0 spiro atoms. The first kappa shape index (κ1) is 10.1. The van der Waals surface area contributed by atoms with Crippen LogP contribution in [0.5, 0.6) is 5.88 Å². The van der Waals surface area contributed by atoms with E-state index in [1.807, 2.05) is 19.9 Å². The average molecular weight is 206 g/mol. The van der Waals surface area contributed by atoms with Gasteiger partial charge >= 0.3 is 0 Å². The number of carbonyl (C=O) groups is 1. The second-order valence-electron chi connectivity index (χ2n) is 4.02. The molecule has 0 unspecified atom stereocenters. The summed E-state index contributed by atoms with van der Waals surface area (Å²) in [5, 5.41) is 0. The molecule has 15 heavy (non-hydrogen) atoms. The van der Waals surface area contributed by atoms with E-state index in [0.29, 0.717) is 37.0 Å². The maximum absolute atomic E-state index is 10.7. The average Bonchev–Trinajstić information content (AvgIpc) is 2.09. The summed E-state index contributed by atoms with van der Waals surface area (Å²) >= 11 is 0. The van der Waals surface area contributed by atoms with Crippen molar-refractivity contribution >= 4 is 5.78 Å². The zero-order valence-corrected chi connectivity index (χ0v) is 8.99. The maximum Gasteiger partial charge on any atom is 0.216 e. The molecule has 1 aliphatic rings. The van der Waals surface area contributed by atoms with Crippen LogP contribution in [0, 0.1) is 19.8 Å². The number of ether oxygens (including phenoxy) is 1. The molecule has 80 valence electrons. The number of aryl methyl sites for hydroxylation is 2. The molecule has 0 bridgehead atoms. The monoisotopic (exact) mass is 206 g/mol. The molecule has 0 saturated heterocycles. The highest BCUT2D eigenvalue weighted by molar-refractivity contribution is 5.84. The fourth-order valence-corrected chi connectivity index (χ4v) is 1.66. The van der Waals surface area contributed by atoms with Gasteiger partial charge in [-0.3, -0.25) is 4.79 Å². The molecule has 1 fully saturated rings. The lowest BCUT2D eigenvalue weighted by Gasteiger charge is -2.23. The number of Topliss-reactive ketones (excluding diaryl/α,β-unsaturated/α-hetero) is 1. The van der Waals surface area contributed by atoms with Crippen LogP contribution in [0.3, 0.4) is 0 Å². The van der Waals surface area contributed by atoms with E-state index < -0.39 is 0 Å². The van der Waals surface area contributed by atoms with Gasteiger partial charge < -0.3 is 4.74 Å². The van der Waals surface area contributed by atoms with Gasteiger partial charge in [0.25, 0.3) is 0 Å². The van der Waals surface area contributed by atoms with E-state index in [-0.39, 0.29) is 0 Å². The van der Waals surface area contributed by atoms with Crippen LogP contribution in [0.2, 0.25) is 0 Å². The van der Waals surface area contributed by atoms with Gasteiger partial charge in [-0.05, 0) is 13.8 Å². The second-order valence-corrected chi connectivity index (χ2v) is 4.02. The molecule has 1 saturated carbocycles. The van der Waals surface area contributed by atoms with Crippen LogP contribution in [0.25, 0.3) is 0 Å². The van der Waals surface area contributed by atoms with Crippen molar-refractivity contribution in [3.63, 3.8) is 0 Å². The predicted octanol–water partition coefficient (Wildman–Crippen LogP) is 1.45. The minimum atomic E-state index is 0.332. The van der Waals surface area contributed by atoms with Crippen molar-refractivity contribution in [2.24, 2.45) is 5.92 Å². The zero-order chi connectivity index (χ0) is 10.8. The molecule has 2 rings (SSSR count). The third-order valence-corrected chi connectivity index (χ3v) is 2.44. The standard InChI is InChI=1S/C11H14N2O2/c1-7-3-11(13-8(2)12-7)15-6-9-4-10(14)5-9/h3,9H,4-6H2,1-2H3. The Morgan fingerprint density at radius 3 is 2.73 bits per heavy atom. The smallest absolute Gasteiger partial charge is 0.216 e. The van der Waals surface area contributed by atoms with Gasteiger partial charge in [0.05, 0.1) is 6.61 Å². The molecular weight excluding hydrogens is 192 g/mol. The van der Waals surface area contributed by atoms with Crippen molar-refractivity contribution in [2.45, 2.75) is 26.7 Å². The first-order chi connectivity index (χ1) is 7.13. The first-order valence-electron chi connectivity index (χ1n) is 5.10. The second kappa shape index (κ2) is 3.96. The van der Waals surface area contributed by atoms with E-state index in [9.17, 15) is 4.79 Å². The Labute approximate surface area is 88.7 Å². The fraction of sp³-hybridized carbons (Fsp3) is 0.545. The molecule has 0 amide bonds. The number of hydrogen-bond donors (Lipinski definition) is 0. The summed E-state index contributed by atoms with van der Waals surface area (Å²) in [5.41, 5.74) is 0.905. The number of aromatic nitrogens is 2. The third-order valence-electron chi connectivity index (χ3n) is 2.44. The van der Waals surface area contributed by atoms with Crippen LogP contribution in [0.15, 0.2) is 6.07 Å². The van der Waals surface area contributed by atoms with Gasteiger partial charge in [-0.15, -0.1) is 0 Å². The summed E-state index contributed by atoms with van der Waals surface area (Å²) in [6, 6.07) is 1.81. The van der Waals surface area contributed by atoms with Crippen LogP contribution in [0.4, 0.5) is 0 Å². The summed E-state index contributed by atoms with van der Waals surface area (Å²) in [7, 11) is 0. The molecule has 4 heteroatoms. The van der Waals surface area contributed by atoms with Crippen molar-refractivity contribution in [1.82, 2.24) is 9.97 Å². The molecule has 1 aromatic rings. The normalized spacial score (nSPS) is 16.3. The van der Waals surface area contributed by atoms with Crippen LogP contribution >= 0.6 is 0 Å². The Morgan fingerprint density at radius 2 is 2.13 bits per heavy atom. The molecule has 0 aliphatic heterocycles. The zero-order valence-electron chi connectivity index (χ0n) is 8.99. The Bertz CT molecular complexity index is 362. The topological polar surface area (TPSA) is 52.1 Å². The summed E-state index contributed by atoms with van der Waals surface area (Å²) in [6.45, 7) is 4.34. The van der Waals surface area contributed by atoms with Crippen molar-refractivity contribution < 1.29 is 9.53 Å².